The smallest absolute Gasteiger partial charge is 0.175 e. The second-order valence-corrected chi connectivity index (χ2v) is 5.30. The summed E-state index contributed by atoms with van der Waals surface area (Å²) in [6.07, 6.45) is 3.22. The number of carbonyl (C=O) groups excluding carboxylic acids is 1. The molecule has 1 nitrogen and oxygen atoms in total. The third-order valence-corrected chi connectivity index (χ3v) is 3.99. The van der Waals surface area contributed by atoms with E-state index in [0.29, 0.717) is 0 Å². The predicted molar refractivity (Wildman–Crippen MR) is 85.2 cm³/mol. The van der Waals surface area contributed by atoms with Gasteiger partial charge in [0.15, 0.2) is 5.78 Å². The first-order valence-electron chi connectivity index (χ1n) is 6.28. The molecule has 0 saturated heterocycles. The number of carbonyl (C=O) groups is 1. The van der Waals surface area contributed by atoms with Crippen molar-refractivity contribution in [2.45, 2.75) is 10.8 Å². The Morgan fingerprint density at radius 3 is 2.05 bits per heavy atom. The third kappa shape index (κ3) is 3.96. The molecular formula is C17H14Cl2O. The first-order valence-corrected chi connectivity index (χ1v) is 7.16. The van der Waals surface area contributed by atoms with E-state index in [1.54, 1.807) is 6.08 Å². The molecule has 0 heterocycles. The van der Waals surface area contributed by atoms with Crippen molar-refractivity contribution < 1.29 is 4.79 Å². The molecule has 0 fully saturated rings. The highest BCUT2D eigenvalue weighted by Gasteiger charge is 2.23. The van der Waals surface area contributed by atoms with Crippen LogP contribution in [0.1, 0.15) is 16.5 Å². The fraction of sp³-hybridized carbons (Fsp3) is 0.118. The standard InChI is InChI=1S/C17H14Cl2O/c18-16(14-9-5-2-6-10-14)17(19)15(20)12-11-13-7-3-1-4-8-13/h1-12,16-17H/b12-11+/t16-,17-/m1/s1. The SMILES string of the molecule is O=C(/C=C/c1ccccc1)[C@@H](Cl)[C@H](Cl)c1ccccc1. The Morgan fingerprint density at radius 2 is 1.45 bits per heavy atom. The normalized spacial score (nSPS) is 14.1. The van der Waals surface area contributed by atoms with E-state index in [2.05, 4.69) is 0 Å². The molecule has 20 heavy (non-hydrogen) atoms. The monoisotopic (exact) mass is 304 g/mol. The number of hydrogen-bond donors (Lipinski definition) is 0. The Kier molecular flexibility index (Phi) is 5.40. The largest absolute Gasteiger partial charge is 0.293 e. The van der Waals surface area contributed by atoms with E-state index >= 15 is 0 Å². The van der Waals surface area contributed by atoms with Crippen LogP contribution >= 0.6 is 23.2 Å². The Balaban J connectivity index is 2.04. The van der Waals surface area contributed by atoms with Crippen molar-refractivity contribution in [3.8, 4) is 0 Å². The van der Waals surface area contributed by atoms with E-state index in [1.807, 2.05) is 60.7 Å². The average Bonchev–Trinajstić information content (AvgIpc) is 2.53. The molecule has 0 aliphatic rings. The zero-order valence-electron chi connectivity index (χ0n) is 10.7. The van der Waals surface area contributed by atoms with E-state index < -0.39 is 10.8 Å². The van der Waals surface area contributed by atoms with Crippen LogP contribution in [0.3, 0.4) is 0 Å². The summed E-state index contributed by atoms with van der Waals surface area (Å²) in [4.78, 5) is 12.0. The molecule has 0 aromatic heterocycles. The van der Waals surface area contributed by atoms with Gasteiger partial charge in [-0.25, -0.2) is 0 Å². The molecule has 0 unspecified atom stereocenters. The summed E-state index contributed by atoms with van der Waals surface area (Å²) in [5, 5.41) is -1.31. The van der Waals surface area contributed by atoms with E-state index in [-0.39, 0.29) is 5.78 Å². The Hall–Kier alpha value is -1.57. The van der Waals surface area contributed by atoms with Crippen LogP contribution in [0.5, 0.6) is 0 Å². The summed E-state index contributed by atoms with van der Waals surface area (Å²) < 4.78 is 0. The van der Waals surface area contributed by atoms with Crippen molar-refractivity contribution in [1.29, 1.82) is 0 Å². The van der Waals surface area contributed by atoms with Crippen LogP contribution < -0.4 is 0 Å². The second-order valence-electron chi connectivity index (χ2n) is 4.36. The molecule has 3 heteroatoms. The van der Waals surface area contributed by atoms with E-state index in [1.165, 1.54) is 6.08 Å². The van der Waals surface area contributed by atoms with Crippen LogP contribution in [0.15, 0.2) is 66.7 Å². The van der Waals surface area contributed by atoms with Gasteiger partial charge in [0.2, 0.25) is 0 Å². The lowest BCUT2D eigenvalue weighted by atomic mass is 10.1. The fourth-order valence-corrected chi connectivity index (χ4v) is 2.27. The van der Waals surface area contributed by atoms with Crippen LogP contribution in [0.25, 0.3) is 6.08 Å². The molecular weight excluding hydrogens is 291 g/mol. The van der Waals surface area contributed by atoms with E-state index in [9.17, 15) is 4.79 Å². The van der Waals surface area contributed by atoms with Crippen LogP contribution in [0, 0.1) is 0 Å². The van der Waals surface area contributed by atoms with Crippen molar-refractivity contribution in [3.05, 3.63) is 77.9 Å². The molecule has 2 atom stereocenters. The number of hydrogen-bond acceptors (Lipinski definition) is 1. The summed E-state index contributed by atoms with van der Waals surface area (Å²) in [6, 6.07) is 19.0. The molecule has 102 valence electrons. The second kappa shape index (κ2) is 7.28. The molecule has 0 aliphatic heterocycles. The van der Waals surface area contributed by atoms with Gasteiger partial charge in [0.1, 0.15) is 5.38 Å². The van der Waals surface area contributed by atoms with E-state index in [4.69, 9.17) is 23.2 Å². The first-order chi connectivity index (χ1) is 9.68. The van der Waals surface area contributed by atoms with Gasteiger partial charge in [0.05, 0.1) is 5.38 Å². The highest BCUT2D eigenvalue weighted by Crippen LogP contribution is 2.28. The topological polar surface area (TPSA) is 17.1 Å². The van der Waals surface area contributed by atoms with Gasteiger partial charge in [-0.15, -0.1) is 23.2 Å². The highest BCUT2D eigenvalue weighted by atomic mass is 35.5. The maximum Gasteiger partial charge on any atom is 0.175 e. The molecule has 0 spiro atoms. The van der Waals surface area contributed by atoms with Gasteiger partial charge in [0, 0.05) is 0 Å². The fourth-order valence-electron chi connectivity index (χ4n) is 1.78. The minimum atomic E-state index is -0.779. The zero-order chi connectivity index (χ0) is 14.4. The molecule has 2 rings (SSSR count). The molecule has 0 saturated carbocycles. The number of allylic oxidation sites excluding steroid dienone is 1. The van der Waals surface area contributed by atoms with Crippen molar-refractivity contribution in [2.75, 3.05) is 0 Å². The van der Waals surface area contributed by atoms with Crippen molar-refractivity contribution in [2.24, 2.45) is 0 Å². The minimum absolute atomic E-state index is 0.195. The van der Waals surface area contributed by atoms with Crippen LogP contribution in [0.4, 0.5) is 0 Å². The van der Waals surface area contributed by atoms with Gasteiger partial charge in [-0.3, -0.25) is 4.79 Å². The van der Waals surface area contributed by atoms with Gasteiger partial charge in [-0.1, -0.05) is 66.7 Å². The summed E-state index contributed by atoms with van der Waals surface area (Å²) >= 11 is 12.4. The van der Waals surface area contributed by atoms with Gasteiger partial charge < -0.3 is 0 Å². The molecule has 0 radical (unpaired) electrons. The lowest BCUT2D eigenvalue weighted by Crippen LogP contribution is -2.17. The summed E-state index contributed by atoms with van der Waals surface area (Å²) in [5.74, 6) is -0.195. The maximum atomic E-state index is 12.0. The molecule has 0 amide bonds. The lowest BCUT2D eigenvalue weighted by Gasteiger charge is -2.13. The Morgan fingerprint density at radius 1 is 0.900 bits per heavy atom. The van der Waals surface area contributed by atoms with Crippen LogP contribution in [-0.2, 0) is 4.79 Å². The van der Waals surface area contributed by atoms with Gasteiger partial charge in [-0.05, 0) is 17.2 Å². The molecule has 2 aromatic rings. The van der Waals surface area contributed by atoms with E-state index in [0.717, 1.165) is 11.1 Å². The maximum absolute atomic E-state index is 12.0. The Bertz CT molecular complexity index is 578. The van der Waals surface area contributed by atoms with Gasteiger partial charge in [0.25, 0.3) is 0 Å². The number of ketones is 1. The van der Waals surface area contributed by atoms with Crippen molar-refractivity contribution in [1.82, 2.24) is 0 Å². The van der Waals surface area contributed by atoms with Crippen LogP contribution in [-0.4, -0.2) is 11.2 Å². The number of rotatable bonds is 5. The molecule has 0 aliphatic carbocycles. The first kappa shape index (κ1) is 14.8. The summed E-state index contributed by atoms with van der Waals surface area (Å²) in [6.45, 7) is 0. The minimum Gasteiger partial charge on any atom is -0.293 e. The number of alkyl halides is 2. The quantitative estimate of drug-likeness (QED) is 0.569. The molecule has 0 bridgehead atoms. The molecule has 2 aromatic carbocycles. The number of halogens is 2. The average molecular weight is 305 g/mol. The zero-order valence-corrected chi connectivity index (χ0v) is 12.3. The summed E-state index contributed by atoms with van der Waals surface area (Å²) in [5.41, 5.74) is 1.80. The van der Waals surface area contributed by atoms with Gasteiger partial charge in [-0.2, -0.15) is 0 Å². The lowest BCUT2D eigenvalue weighted by molar-refractivity contribution is -0.114. The summed E-state index contributed by atoms with van der Waals surface area (Å²) in [7, 11) is 0. The van der Waals surface area contributed by atoms with Gasteiger partial charge >= 0.3 is 0 Å². The van der Waals surface area contributed by atoms with Crippen molar-refractivity contribution in [3.63, 3.8) is 0 Å². The third-order valence-electron chi connectivity index (χ3n) is 2.89. The van der Waals surface area contributed by atoms with Crippen LogP contribution in [0.2, 0.25) is 0 Å². The predicted octanol–water partition coefficient (Wildman–Crippen LogP) is 4.86. The Labute approximate surface area is 128 Å². The number of benzene rings is 2. The van der Waals surface area contributed by atoms with Crippen molar-refractivity contribution >= 4 is 35.1 Å². The molecule has 0 N–H and O–H groups in total. The highest BCUT2D eigenvalue weighted by molar-refractivity contribution is 6.39.